The molecule has 0 saturated carbocycles. The van der Waals surface area contributed by atoms with Crippen molar-refractivity contribution in [3.8, 4) is 0 Å². The maximum atomic E-state index is 12.7. The van der Waals surface area contributed by atoms with Gasteiger partial charge in [0.1, 0.15) is 11.8 Å². The molecule has 5 heteroatoms. The molecule has 1 atom stereocenters. The van der Waals surface area contributed by atoms with E-state index in [0.29, 0.717) is 24.1 Å². The second kappa shape index (κ2) is 6.22. The Morgan fingerprint density at radius 3 is 2.95 bits per heavy atom. The van der Waals surface area contributed by atoms with Crippen molar-refractivity contribution in [1.29, 1.82) is 0 Å². The maximum absolute atomic E-state index is 12.7. The SMILES string of the molecule is O=C(O)CCC1CCCN(C(=O)c2coc3ccccc23)C1. The maximum Gasteiger partial charge on any atom is 0.303 e. The van der Waals surface area contributed by atoms with Gasteiger partial charge in [-0.3, -0.25) is 9.59 Å². The third-order valence-corrected chi connectivity index (χ3v) is 4.28. The Labute approximate surface area is 128 Å². The lowest BCUT2D eigenvalue weighted by atomic mass is 9.93. The summed E-state index contributed by atoms with van der Waals surface area (Å²) in [5.41, 5.74) is 1.31. The number of fused-ring (bicyclic) bond motifs is 1. The summed E-state index contributed by atoms with van der Waals surface area (Å²) >= 11 is 0. The Morgan fingerprint density at radius 1 is 1.32 bits per heavy atom. The summed E-state index contributed by atoms with van der Waals surface area (Å²) in [4.78, 5) is 25.2. The van der Waals surface area contributed by atoms with Crippen molar-refractivity contribution in [2.75, 3.05) is 13.1 Å². The van der Waals surface area contributed by atoms with E-state index in [9.17, 15) is 9.59 Å². The van der Waals surface area contributed by atoms with E-state index < -0.39 is 5.97 Å². The number of rotatable bonds is 4. The summed E-state index contributed by atoms with van der Waals surface area (Å²) in [6, 6.07) is 7.50. The molecule has 0 bridgehead atoms. The summed E-state index contributed by atoms with van der Waals surface area (Å²) in [5.74, 6) is -0.527. The van der Waals surface area contributed by atoms with Crippen LogP contribution >= 0.6 is 0 Å². The lowest BCUT2D eigenvalue weighted by molar-refractivity contribution is -0.137. The first-order valence-electron chi connectivity index (χ1n) is 7.62. The zero-order chi connectivity index (χ0) is 15.5. The molecule has 0 radical (unpaired) electrons. The molecule has 5 nitrogen and oxygen atoms in total. The smallest absolute Gasteiger partial charge is 0.303 e. The second-order valence-electron chi connectivity index (χ2n) is 5.84. The van der Waals surface area contributed by atoms with E-state index in [1.54, 1.807) is 0 Å². The number of likely N-dealkylation sites (tertiary alicyclic amines) is 1. The molecule has 1 aromatic carbocycles. The first kappa shape index (κ1) is 14.6. The number of carboxylic acid groups (broad SMARTS) is 1. The number of nitrogens with zero attached hydrogens (tertiary/aromatic N) is 1. The molecule has 1 fully saturated rings. The van der Waals surface area contributed by atoms with Gasteiger partial charge >= 0.3 is 5.97 Å². The topological polar surface area (TPSA) is 70.8 Å². The molecule has 1 N–H and O–H groups in total. The molecule has 0 aliphatic carbocycles. The van der Waals surface area contributed by atoms with Crippen LogP contribution < -0.4 is 0 Å². The van der Waals surface area contributed by atoms with Gasteiger partial charge in [0.05, 0.1) is 5.56 Å². The molecule has 1 unspecified atom stereocenters. The number of furan rings is 1. The van der Waals surface area contributed by atoms with Crippen molar-refractivity contribution in [1.82, 2.24) is 4.90 Å². The standard InChI is InChI=1S/C17H19NO4/c19-16(20)8-7-12-4-3-9-18(10-12)17(21)14-11-22-15-6-2-1-5-13(14)15/h1-2,5-6,11-12H,3-4,7-10H2,(H,19,20). The van der Waals surface area contributed by atoms with Crippen LogP contribution in [0.5, 0.6) is 0 Å². The minimum Gasteiger partial charge on any atom is -0.481 e. The fourth-order valence-corrected chi connectivity index (χ4v) is 3.13. The van der Waals surface area contributed by atoms with Gasteiger partial charge in [-0.1, -0.05) is 18.2 Å². The van der Waals surface area contributed by atoms with Gasteiger partial charge in [0, 0.05) is 24.9 Å². The summed E-state index contributed by atoms with van der Waals surface area (Å²) in [6.07, 6.45) is 4.23. The van der Waals surface area contributed by atoms with Crippen molar-refractivity contribution >= 4 is 22.8 Å². The van der Waals surface area contributed by atoms with Crippen LogP contribution in [0.15, 0.2) is 34.9 Å². The molecule has 2 aromatic rings. The summed E-state index contributed by atoms with van der Waals surface area (Å²) in [6.45, 7) is 1.35. The summed E-state index contributed by atoms with van der Waals surface area (Å²) < 4.78 is 5.44. The van der Waals surface area contributed by atoms with E-state index in [-0.39, 0.29) is 18.2 Å². The highest BCUT2D eigenvalue weighted by atomic mass is 16.4. The second-order valence-corrected chi connectivity index (χ2v) is 5.84. The van der Waals surface area contributed by atoms with E-state index in [2.05, 4.69) is 0 Å². The molecule has 1 saturated heterocycles. The molecular weight excluding hydrogens is 282 g/mol. The van der Waals surface area contributed by atoms with Gasteiger partial charge < -0.3 is 14.4 Å². The predicted octanol–water partition coefficient (Wildman–Crippen LogP) is 3.15. The minimum absolute atomic E-state index is 0.0232. The Hall–Kier alpha value is -2.30. The molecule has 1 aliphatic rings. The molecule has 3 rings (SSSR count). The van der Waals surface area contributed by atoms with Gasteiger partial charge in [0.25, 0.3) is 5.91 Å². The highest BCUT2D eigenvalue weighted by Gasteiger charge is 2.26. The quantitative estimate of drug-likeness (QED) is 0.941. The normalized spacial score (nSPS) is 18.5. The van der Waals surface area contributed by atoms with E-state index in [1.165, 1.54) is 6.26 Å². The Morgan fingerprint density at radius 2 is 2.14 bits per heavy atom. The zero-order valence-corrected chi connectivity index (χ0v) is 12.3. The molecule has 116 valence electrons. The van der Waals surface area contributed by atoms with Crippen LogP contribution in [0.25, 0.3) is 11.0 Å². The number of benzene rings is 1. The monoisotopic (exact) mass is 301 g/mol. The van der Waals surface area contributed by atoms with Crippen LogP contribution in [-0.4, -0.2) is 35.0 Å². The van der Waals surface area contributed by atoms with Crippen LogP contribution in [0, 0.1) is 5.92 Å². The average Bonchev–Trinajstić information content (AvgIpc) is 2.96. The fraction of sp³-hybridized carbons (Fsp3) is 0.412. The predicted molar refractivity (Wildman–Crippen MR) is 81.7 cm³/mol. The first-order valence-corrected chi connectivity index (χ1v) is 7.62. The summed E-state index contributed by atoms with van der Waals surface area (Å²) in [5, 5.41) is 9.63. The van der Waals surface area contributed by atoms with E-state index in [4.69, 9.17) is 9.52 Å². The minimum atomic E-state index is -0.774. The summed E-state index contributed by atoms with van der Waals surface area (Å²) in [7, 11) is 0. The van der Waals surface area contributed by atoms with Crippen molar-refractivity contribution in [2.24, 2.45) is 5.92 Å². The van der Waals surface area contributed by atoms with Crippen LogP contribution in [0.4, 0.5) is 0 Å². The number of piperidine rings is 1. The van der Waals surface area contributed by atoms with Crippen LogP contribution in [0.3, 0.4) is 0 Å². The number of hydrogen-bond acceptors (Lipinski definition) is 3. The van der Waals surface area contributed by atoms with Gasteiger partial charge in [-0.2, -0.15) is 0 Å². The number of hydrogen-bond donors (Lipinski definition) is 1. The number of carboxylic acids is 1. The molecule has 1 aliphatic heterocycles. The molecule has 22 heavy (non-hydrogen) atoms. The zero-order valence-electron chi connectivity index (χ0n) is 12.3. The van der Waals surface area contributed by atoms with Gasteiger partial charge in [-0.05, 0) is 31.2 Å². The van der Waals surface area contributed by atoms with Crippen molar-refractivity contribution < 1.29 is 19.1 Å². The Bertz CT molecular complexity index is 691. The lowest BCUT2D eigenvalue weighted by Crippen LogP contribution is -2.40. The fourth-order valence-electron chi connectivity index (χ4n) is 3.13. The highest BCUT2D eigenvalue weighted by Crippen LogP contribution is 2.26. The Kier molecular flexibility index (Phi) is 4.13. The van der Waals surface area contributed by atoms with E-state index in [0.717, 1.165) is 24.8 Å². The number of para-hydroxylation sites is 1. The number of carbonyl (C=O) groups excluding carboxylic acids is 1. The first-order chi connectivity index (χ1) is 10.6. The molecule has 1 aromatic heterocycles. The van der Waals surface area contributed by atoms with E-state index >= 15 is 0 Å². The third kappa shape index (κ3) is 2.98. The molecule has 2 heterocycles. The lowest BCUT2D eigenvalue weighted by Gasteiger charge is -2.32. The van der Waals surface area contributed by atoms with Crippen LogP contribution in [0.2, 0.25) is 0 Å². The third-order valence-electron chi connectivity index (χ3n) is 4.28. The number of aliphatic carboxylic acids is 1. The van der Waals surface area contributed by atoms with Gasteiger partial charge in [0.15, 0.2) is 0 Å². The van der Waals surface area contributed by atoms with Crippen LogP contribution in [0.1, 0.15) is 36.0 Å². The highest BCUT2D eigenvalue weighted by molar-refractivity contribution is 6.05. The van der Waals surface area contributed by atoms with Crippen LogP contribution in [-0.2, 0) is 4.79 Å². The largest absolute Gasteiger partial charge is 0.481 e. The molecule has 0 spiro atoms. The van der Waals surface area contributed by atoms with Gasteiger partial charge in [-0.25, -0.2) is 0 Å². The van der Waals surface area contributed by atoms with Crippen molar-refractivity contribution in [3.63, 3.8) is 0 Å². The van der Waals surface area contributed by atoms with Crippen molar-refractivity contribution in [3.05, 3.63) is 36.1 Å². The average molecular weight is 301 g/mol. The van der Waals surface area contributed by atoms with Gasteiger partial charge in [0.2, 0.25) is 0 Å². The number of carbonyl (C=O) groups is 2. The molecule has 1 amide bonds. The van der Waals surface area contributed by atoms with Crippen molar-refractivity contribution in [2.45, 2.75) is 25.7 Å². The van der Waals surface area contributed by atoms with E-state index in [1.807, 2.05) is 29.2 Å². The van der Waals surface area contributed by atoms with Gasteiger partial charge in [-0.15, -0.1) is 0 Å². The molecular formula is C17H19NO4. The Balaban J connectivity index is 1.73. The number of amides is 1.